The number of anilines is 1. The Morgan fingerprint density at radius 1 is 1.19 bits per heavy atom. The molecule has 9 heteroatoms. The molecule has 0 atom stereocenters. The van der Waals surface area contributed by atoms with E-state index in [1.165, 1.54) is 29.2 Å². The predicted molar refractivity (Wildman–Crippen MR) is 101 cm³/mol. The second kappa shape index (κ2) is 7.09. The summed E-state index contributed by atoms with van der Waals surface area (Å²) in [7, 11) is 0. The van der Waals surface area contributed by atoms with Gasteiger partial charge in [0.15, 0.2) is 12.3 Å². The maximum Gasteiger partial charge on any atom is 0.274 e. The number of nitrogens with one attached hydrogen (secondary N) is 1. The first-order chi connectivity index (χ1) is 13.0. The SMILES string of the molecule is O=[N+]([O-])c1ccc2oc(=S)n(C[NH+]3CCN(c4ccc(F)cc4)CC3)c2c1. The summed E-state index contributed by atoms with van der Waals surface area (Å²) in [5.74, 6) is -0.238. The van der Waals surface area contributed by atoms with Crippen LogP contribution in [-0.2, 0) is 6.67 Å². The van der Waals surface area contributed by atoms with Crippen molar-refractivity contribution < 1.29 is 18.6 Å². The minimum Gasteiger partial charge on any atom is -0.429 e. The van der Waals surface area contributed by atoms with Crippen molar-refractivity contribution in [1.82, 2.24) is 4.57 Å². The minimum atomic E-state index is -0.422. The van der Waals surface area contributed by atoms with E-state index in [1.807, 2.05) is 4.57 Å². The lowest BCUT2D eigenvalue weighted by Crippen LogP contribution is -3.14. The Bertz CT molecular complexity index is 1040. The summed E-state index contributed by atoms with van der Waals surface area (Å²) in [5.41, 5.74) is 2.22. The number of piperazine rings is 1. The molecular formula is C18H18FN4O3S+. The monoisotopic (exact) mass is 389 g/mol. The van der Waals surface area contributed by atoms with Crippen LogP contribution >= 0.6 is 12.2 Å². The van der Waals surface area contributed by atoms with E-state index in [4.69, 9.17) is 16.6 Å². The number of hydrogen-bond donors (Lipinski definition) is 1. The van der Waals surface area contributed by atoms with Crippen molar-refractivity contribution in [3.05, 3.63) is 63.2 Å². The van der Waals surface area contributed by atoms with Crippen molar-refractivity contribution in [2.45, 2.75) is 6.67 Å². The topological polar surface area (TPSA) is 68.9 Å². The molecule has 140 valence electrons. The van der Waals surface area contributed by atoms with Crippen LogP contribution in [0.15, 0.2) is 46.9 Å². The van der Waals surface area contributed by atoms with Gasteiger partial charge in [-0.1, -0.05) is 0 Å². The van der Waals surface area contributed by atoms with Crippen LogP contribution in [0.3, 0.4) is 0 Å². The molecule has 0 amide bonds. The number of rotatable bonds is 4. The molecule has 27 heavy (non-hydrogen) atoms. The van der Waals surface area contributed by atoms with Gasteiger partial charge in [0, 0.05) is 17.8 Å². The number of nitro benzene ring substituents is 1. The number of hydrogen-bond acceptors (Lipinski definition) is 5. The Morgan fingerprint density at radius 2 is 1.89 bits per heavy atom. The number of nitro groups is 1. The highest BCUT2D eigenvalue weighted by atomic mass is 32.1. The fourth-order valence-corrected chi connectivity index (χ4v) is 3.68. The average Bonchev–Trinajstić information content (AvgIpc) is 2.98. The zero-order valence-corrected chi connectivity index (χ0v) is 15.2. The second-order valence-corrected chi connectivity index (χ2v) is 6.93. The lowest BCUT2D eigenvalue weighted by atomic mass is 10.2. The molecule has 7 nitrogen and oxygen atoms in total. The van der Waals surface area contributed by atoms with E-state index in [-0.39, 0.29) is 11.5 Å². The van der Waals surface area contributed by atoms with Gasteiger partial charge in [0.25, 0.3) is 10.5 Å². The van der Waals surface area contributed by atoms with Crippen molar-refractivity contribution in [2.75, 3.05) is 31.1 Å². The summed E-state index contributed by atoms with van der Waals surface area (Å²) in [6.45, 7) is 4.01. The van der Waals surface area contributed by atoms with E-state index < -0.39 is 4.92 Å². The van der Waals surface area contributed by atoms with E-state index in [0.29, 0.717) is 22.6 Å². The van der Waals surface area contributed by atoms with E-state index in [0.717, 1.165) is 31.9 Å². The number of oxazole rings is 1. The highest BCUT2D eigenvalue weighted by Crippen LogP contribution is 2.22. The molecule has 1 N–H and O–H groups in total. The molecule has 0 radical (unpaired) electrons. The number of quaternary nitrogens is 1. The number of nitrogens with zero attached hydrogens (tertiary/aromatic N) is 3. The third-order valence-corrected chi connectivity index (χ3v) is 5.21. The van der Waals surface area contributed by atoms with E-state index >= 15 is 0 Å². The number of fused-ring (bicyclic) bond motifs is 1. The van der Waals surface area contributed by atoms with Gasteiger partial charge >= 0.3 is 0 Å². The molecule has 0 unspecified atom stereocenters. The van der Waals surface area contributed by atoms with Gasteiger partial charge in [0.05, 0.1) is 36.6 Å². The van der Waals surface area contributed by atoms with Crippen LogP contribution in [0, 0.1) is 20.8 Å². The Hall–Kier alpha value is -2.78. The quantitative estimate of drug-likeness (QED) is 0.422. The van der Waals surface area contributed by atoms with Crippen LogP contribution in [0.25, 0.3) is 11.1 Å². The number of benzene rings is 2. The van der Waals surface area contributed by atoms with Crippen LogP contribution in [-0.4, -0.2) is 35.7 Å². The Morgan fingerprint density at radius 3 is 2.56 bits per heavy atom. The number of non-ortho nitro benzene ring substituents is 1. The maximum atomic E-state index is 13.1. The lowest BCUT2D eigenvalue weighted by molar-refractivity contribution is -0.923. The molecule has 0 bridgehead atoms. The largest absolute Gasteiger partial charge is 0.429 e. The summed E-state index contributed by atoms with van der Waals surface area (Å²) >= 11 is 5.31. The molecule has 0 saturated carbocycles. The average molecular weight is 389 g/mol. The van der Waals surface area contributed by atoms with Gasteiger partial charge in [-0.2, -0.15) is 0 Å². The molecule has 1 aromatic heterocycles. The van der Waals surface area contributed by atoms with E-state index in [2.05, 4.69) is 4.90 Å². The highest BCUT2D eigenvalue weighted by molar-refractivity contribution is 7.71. The summed E-state index contributed by atoms with van der Waals surface area (Å²) in [5, 5.41) is 11.1. The summed E-state index contributed by atoms with van der Waals surface area (Å²) in [6.07, 6.45) is 0. The first-order valence-corrected chi connectivity index (χ1v) is 9.04. The normalized spacial score (nSPS) is 15.4. The molecular weight excluding hydrogens is 371 g/mol. The highest BCUT2D eigenvalue weighted by Gasteiger charge is 2.22. The van der Waals surface area contributed by atoms with Gasteiger partial charge in [-0.25, -0.2) is 4.39 Å². The molecule has 2 heterocycles. The summed E-state index contributed by atoms with van der Waals surface area (Å²) in [4.78, 5) is 14.5. The molecule has 1 fully saturated rings. The van der Waals surface area contributed by atoms with Crippen molar-refractivity contribution in [1.29, 1.82) is 0 Å². The smallest absolute Gasteiger partial charge is 0.274 e. The van der Waals surface area contributed by atoms with Crippen molar-refractivity contribution in [2.24, 2.45) is 0 Å². The molecule has 0 aliphatic carbocycles. The Balaban J connectivity index is 1.49. The number of aromatic nitrogens is 1. The lowest BCUT2D eigenvalue weighted by Gasteiger charge is -2.33. The molecule has 3 aromatic rings. The molecule has 1 aliphatic rings. The predicted octanol–water partition coefficient (Wildman–Crippen LogP) is 2.37. The van der Waals surface area contributed by atoms with Gasteiger partial charge in [-0.05, 0) is 42.5 Å². The molecule has 0 spiro atoms. The minimum absolute atomic E-state index is 0.0168. The van der Waals surface area contributed by atoms with Crippen LogP contribution in [0.4, 0.5) is 15.8 Å². The Labute approximate surface area is 159 Å². The summed E-state index contributed by atoms with van der Waals surface area (Å²) in [6, 6.07) is 11.0. The first kappa shape index (κ1) is 17.6. The number of halogens is 1. The fraction of sp³-hybridized carbons (Fsp3) is 0.278. The zero-order chi connectivity index (χ0) is 19.0. The Kier molecular flexibility index (Phi) is 4.63. The van der Waals surface area contributed by atoms with Gasteiger partial charge in [0.2, 0.25) is 0 Å². The third kappa shape index (κ3) is 3.56. The molecule has 4 rings (SSSR count). The van der Waals surface area contributed by atoms with Gasteiger partial charge in [-0.3, -0.25) is 14.7 Å². The van der Waals surface area contributed by atoms with Crippen LogP contribution in [0.5, 0.6) is 0 Å². The van der Waals surface area contributed by atoms with Gasteiger partial charge in [0.1, 0.15) is 5.82 Å². The standard InChI is InChI=1S/C18H17FN4O3S/c19-13-1-3-14(4-2-13)21-9-7-20(8-10-21)12-22-16-11-15(23(24)25)5-6-17(16)26-18(22)27/h1-6,11H,7-10,12H2/p+1. The van der Waals surface area contributed by atoms with Crippen molar-refractivity contribution >= 4 is 34.7 Å². The summed E-state index contributed by atoms with van der Waals surface area (Å²) < 4.78 is 20.5. The molecule has 2 aromatic carbocycles. The third-order valence-electron chi connectivity index (χ3n) is 4.91. The zero-order valence-electron chi connectivity index (χ0n) is 14.4. The fourth-order valence-electron chi connectivity index (χ4n) is 3.43. The van der Waals surface area contributed by atoms with Crippen molar-refractivity contribution in [3.63, 3.8) is 0 Å². The second-order valence-electron chi connectivity index (χ2n) is 6.58. The van der Waals surface area contributed by atoms with E-state index in [9.17, 15) is 14.5 Å². The molecule has 1 aliphatic heterocycles. The van der Waals surface area contributed by atoms with Gasteiger partial charge < -0.3 is 14.2 Å². The van der Waals surface area contributed by atoms with Crippen molar-refractivity contribution in [3.8, 4) is 0 Å². The van der Waals surface area contributed by atoms with Crippen LogP contribution in [0.1, 0.15) is 0 Å². The maximum absolute atomic E-state index is 13.1. The van der Waals surface area contributed by atoms with Gasteiger partial charge in [-0.15, -0.1) is 0 Å². The van der Waals surface area contributed by atoms with Crippen LogP contribution < -0.4 is 9.80 Å². The molecule has 1 saturated heterocycles. The van der Waals surface area contributed by atoms with Crippen LogP contribution in [0.2, 0.25) is 0 Å². The van der Waals surface area contributed by atoms with E-state index in [1.54, 1.807) is 18.2 Å². The first-order valence-electron chi connectivity index (χ1n) is 8.63.